The third-order valence-corrected chi connectivity index (χ3v) is 3.45. The predicted octanol–water partition coefficient (Wildman–Crippen LogP) is 2.73. The molecule has 0 unspecified atom stereocenters. The first-order chi connectivity index (χ1) is 9.65. The molecule has 0 fully saturated rings. The Bertz CT molecular complexity index is 561. The fraction of sp³-hybridized carbons (Fsp3) is 0.533. The first-order valence-corrected chi connectivity index (χ1v) is 7.23. The van der Waals surface area contributed by atoms with E-state index in [1.54, 1.807) is 0 Å². The molecule has 2 rings (SSSR count). The maximum Gasteiger partial charge on any atom is 0.170 e. The van der Waals surface area contributed by atoms with Gasteiger partial charge >= 0.3 is 0 Å². The van der Waals surface area contributed by atoms with Crippen LogP contribution < -0.4 is 4.90 Å². The van der Waals surface area contributed by atoms with Gasteiger partial charge in [0.15, 0.2) is 5.82 Å². The van der Waals surface area contributed by atoms with E-state index in [1.807, 2.05) is 4.68 Å². The third kappa shape index (κ3) is 3.15. The first-order valence-electron chi connectivity index (χ1n) is 7.23. The number of nitrogens with zero attached hydrogens (tertiary/aromatic N) is 5. The van der Waals surface area contributed by atoms with Gasteiger partial charge in [-0.05, 0) is 49.2 Å². The van der Waals surface area contributed by atoms with E-state index in [2.05, 4.69) is 66.3 Å². The Labute approximate surface area is 120 Å². The lowest BCUT2D eigenvalue weighted by molar-refractivity contribution is 0.550. The summed E-state index contributed by atoms with van der Waals surface area (Å²) in [6, 6.07) is 6.55. The van der Waals surface area contributed by atoms with E-state index in [0.29, 0.717) is 0 Å². The Morgan fingerprint density at radius 2 is 2.00 bits per heavy atom. The number of hydrogen-bond donors (Lipinski definition) is 0. The number of aromatic nitrogens is 4. The van der Waals surface area contributed by atoms with Gasteiger partial charge in [0.25, 0.3) is 0 Å². The molecule has 0 amide bonds. The number of anilines is 1. The van der Waals surface area contributed by atoms with E-state index in [-0.39, 0.29) is 0 Å². The highest BCUT2D eigenvalue weighted by atomic mass is 15.5. The van der Waals surface area contributed by atoms with Crippen LogP contribution in [0.15, 0.2) is 18.2 Å². The zero-order valence-electron chi connectivity index (χ0n) is 12.8. The fourth-order valence-electron chi connectivity index (χ4n) is 2.42. The number of benzene rings is 1. The zero-order valence-corrected chi connectivity index (χ0v) is 12.8. The SMILES string of the molecule is CCCn1nnnc1CN(CC)c1ccc(C)cc1C. The summed E-state index contributed by atoms with van der Waals surface area (Å²) in [5.74, 6) is 0.925. The normalized spacial score (nSPS) is 10.8. The molecule has 0 bridgehead atoms. The third-order valence-electron chi connectivity index (χ3n) is 3.45. The van der Waals surface area contributed by atoms with Crippen molar-refractivity contribution in [2.24, 2.45) is 0 Å². The number of hydrogen-bond acceptors (Lipinski definition) is 4. The molecular formula is C15H23N5. The van der Waals surface area contributed by atoms with Crippen molar-refractivity contribution in [1.29, 1.82) is 0 Å². The van der Waals surface area contributed by atoms with Crippen LogP contribution in [0.3, 0.4) is 0 Å². The molecule has 0 aliphatic rings. The Kier molecular flexibility index (Phi) is 4.71. The second-order valence-electron chi connectivity index (χ2n) is 5.12. The van der Waals surface area contributed by atoms with Crippen molar-refractivity contribution in [1.82, 2.24) is 20.2 Å². The molecule has 1 aromatic heterocycles. The van der Waals surface area contributed by atoms with Gasteiger partial charge in [-0.25, -0.2) is 4.68 Å². The minimum absolute atomic E-state index is 0.743. The number of aryl methyl sites for hydroxylation is 3. The van der Waals surface area contributed by atoms with Crippen molar-refractivity contribution < 1.29 is 0 Å². The topological polar surface area (TPSA) is 46.8 Å². The van der Waals surface area contributed by atoms with E-state index < -0.39 is 0 Å². The Morgan fingerprint density at radius 1 is 1.20 bits per heavy atom. The second kappa shape index (κ2) is 6.50. The summed E-state index contributed by atoms with van der Waals surface area (Å²) >= 11 is 0. The summed E-state index contributed by atoms with van der Waals surface area (Å²) in [5.41, 5.74) is 3.84. The molecule has 0 N–H and O–H groups in total. The minimum Gasteiger partial charge on any atom is -0.364 e. The molecule has 0 spiro atoms. The van der Waals surface area contributed by atoms with Crippen molar-refractivity contribution in [3.8, 4) is 0 Å². The molecule has 1 aromatic carbocycles. The molecule has 0 radical (unpaired) electrons. The molecule has 0 saturated carbocycles. The van der Waals surface area contributed by atoms with E-state index >= 15 is 0 Å². The average molecular weight is 273 g/mol. The van der Waals surface area contributed by atoms with Crippen LogP contribution in [0.4, 0.5) is 5.69 Å². The van der Waals surface area contributed by atoms with Gasteiger partial charge in [0.2, 0.25) is 0 Å². The van der Waals surface area contributed by atoms with Crippen LogP contribution in [0, 0.1) is 13.8 Å². The minimum atomic E-state index is 0.743. The predicted molar refractivity (Wildman–Crippen MR) is 80.7 cm³/mol. The van der Waals surface area contributed by atoms with Gasteiger partial charge in [-0.15, -0.1) is 5.10 Å². The van der Waals surface area contributed by atoms with Crippen LogP contribution in [0.25, 0.3) is 0 Å². The highest BCUT2D eigenvalue weighted by molar-refractivity contribution is 5.54. The van der Waals surface area contributed by atoms with E-state index in [0.717, 1.165) is 31.9 Å². The van der Waals surface area contributed by atoms with Crippen molar-refractivity contribution in [3.63, 3.8) is 0 Å². The van der Waals surface area contributed by atoms with Crippen molar-refractivity contribution in [3.05, 3.63) is 35.2 Å². The Balaban J connectivity index is 2.22. The molecule has 20 heavy (non-hydrogen) atoms. The molecular weight excluding hydrogens is 250 g/mol. The highest BCUT2D eigenvalue weighted by Crippen LogP contribution is 2.22. The van der Waals surface area contributed by atoms with Crippen LogP contribution in [-0.2, 0) is 13.1 Å². The summed E-state index contributed by atoms with van der Waals surface area (Å²) in [6.07, 6.45) is 1.04. The van der Waals surface area contributed by atoms with Gasteiger partial charge in [-0.1, -0.05) is 24.6 Å². The smallest absolute Gasteiger partial charge is 0.170 e. The molecule has 1 heterocycles. The van der Waals surface area contributed by atoms with E-state index in [1.165, 1.54) is 16.8 Å². The Morgan fingerprint density at radius 3 is 2.65 bits per heavy atom. The van der Waals surface area contributed by atoms with E-state index in [4.69, 9.17) is 0 Å². The lowest BCUT2D eigenvalue weighted by Gasteiger charge is -2.24. The highest BCUT2D eigenvalue weighted by Gasteiger charge is 2.13. The molecule has 5 heteroatoms. The maximum atomic E-state index is 4.16. The van der Waals surface area contributed by atoms with Crippen LogP contribution in [0.5, 0.6) is 0 Å². The molecule has 0 atom stereocenters. The van der Waals surface area contributed by atoms with Gasteiger partial charge in [-0.3, -0.25) is 0 Å². The lowest BCUT2D eigenvalue weighted by Crippen LogP contribution is -2.25. The van der Waals surface area contributed by atoms with Gasteiger partial charge in [0.05, 0.1) is 6.54 Å². The van der Waals surface area contributed by atoms with Crippen LogP contribution >= 0.6 is 0 Å². The molecule has 0 aliphatic carbocycles. The summed E-state index contributed by atoms with van der Waals surface area (Å²) in [5, 5.41) is 12.0. The van der Waals surface area contributed by atoms with Gasteiger partial charge in [-0.2, -0.15) is 0 Å². The van der Waals surface area contributed by atoms with Crippen LogP contribution in [-0.4, -0.2) is 26.8 Å². The number of tetrazole rings is 1. The lowest BCUT2D eigenvalue weighted by atomic mass is 10.1. The quantitative estimate of drug-likeness (QED) is 0.812. The molecule has 2 aromatic rings. The molecule has 0 saturated heterocycles. The molecule has 108 valence electrons. The second-order valence-corrected chi connectivity index (χ2v) is 5.12. The monoisotopic (exact) mass is 273 g/mol. The molecule has 5 nitrogen and oxygen atoms in total. The van der Waals surface area contributed by atoms with Gasteiger partial charge in [0, 0.05) is 18.8 Å². The van der Waals surface area contributed by atoms with Crippen molar-refractivity contribution >= 4 is 5.69 Å². The Hall–Kier alpha value is -1.91. The summed E-state index contributed by atoms with van der Waals surface area (Å²) in [6.45, 7) is 11.1. The summed E-state index contributed by atoms with van der Waals surface area (Å²) in [7, 11) is 0. The fourth-order valence-corrected chi connectivity index (χ4v) is 2.42. The van der Waals surface area contributed by atoms with Crippen molar-refractivity contribution in [2.75, 3.05) is 11.4 Å². The maximum absolute atomic E-state index is 4.16. The van der Waals surface area contributed by atoms with Gasteiger partial charge < -0.3 is 4.90 Å². The largest absolute Gasteiger partial charge is 0.364 e. The van der Waals surface area contributed by atoms with E-state index in [9.17, 15) is 0 Å². The zero-order chi connectivity index (χ0) is 14.5. The summed E-state index contributed by atoms with van der Waals surface area (Å²) < 4.78 is 1.90. The molecule has 0 aliphatic heterocycles. The van der Waals surface area contributed by atoms with Gasteiger partial charge in [0.1, 0.15) is 0 Å². The summed E-state index contributed by atoms with van der Waals surface area (Å²) in [4.78, 5) is 2.31. The van der Waals surface area contributed by atoms with Crippen LogP contribution in [0.2, 0.25) is 0 Å². The first kappa shape index (κ1) is 14.5. The average Bonchev–Trinajstić information content (AvgIpc) is 2.84. The standard InChI is InChI=1S/C15H23N5/c1-5-9-20-15(16-17-18-20)11-19(6-2)14-8-7-12(3)10-13(14)4/h7-8,10H,5-6,9,11H2,1-4H3. The van der Waals surface area contributed by atoms with Crippen molar-refractivity contribution in [2.45, 2.75) is 47.2 Å². The van der Waals surface area contributed by atoms with Crippen LogP contribution in [0.1, 0.15) is 37.2 Å². The number of rotatable bonds is 6.